The van der Waals surface area contributed by atoms with Gasteiger partial charge in [0.1, 0.15) is 5.75 Å². The van der Waals surface area contributed by atoms with Gasteiger partial charge in [0.25, 0.3) is 0 Å². The summed E-state index contributed by atoms with van der Waals surface area (Å²) in [7, 11) is 0. The zero-order chi connectivity index (χ0) is 14.6. The molecule has 2 nitrogen and oxygen atoms in total. The molecule has 1 aromatic rings. The SMILES string of the molecule is C=CCCCCCOc1cccc(CNCC(C)C)c1. The van der Waals surface area contributed by atoms with Crippen molar-refractivity contribution in [2.75, 3.05) is 13.2 Å². The van der Waals surface area contributed by atoms with Crippen molar-refractivity contribution in [2.24, 2.45) is 5.92 Å². The number of ether oxygens (including phenoxy) is 1. The summed E-state index contributed by atoms with van der Waals surface area (Å²) >= 11 is 0. The molecular formula is C18H29NO. The van der Waals surface area contributed by atoms with Crippen molar-refractivity contribution in [3.05, 3.63) is 42.5 Å². The molecule has 1 N–H and O–H groups in total. The molecule has 0 bridgehead atoms. The Morgan fingerprint density at radius 3 is 2.85 bits per heavy atom. The van der Waals surface area contributed by atoms with E-state index in [-0.39, 0.29) is 0 Å². The second-order valence-corrected chi connectivity index (χ2v) is 5.66. The summed E-state index contributed by atoms with van der Waals surface area (Å²) in [6, 6.07) is 8.39. The highest BCUT2D eigenvalue weighted by Gasteiger charge is 1.98. The van der Waals surface area contributed by atoms with Crippen LogP contribution in [0.2, 0.25) is 0 Å². The van der Waals surface area contributed by atoms with Crippen LogP contribution in [0, 0.1) is 5.92 Å². The van der Waals surface area contributed by atoms with E-state index in [0.717, 1.165) is 38.3 Å². The molecule has 0 atom stereocenters. The predicted octanol–water partition coefficient (Wildman–Crippen LogP) is 4.56. The second kappa shape index (κ2) is 10.5. The summed E-state index contributed by atoms with van der Waals surface area (Å²) in [6.45, 7) is 10.9. The average Bonchev–Trinajstić information content (AvgIpc) is 2.43. The lowest BCUT2D eigenvalue weighted by atomic mass is 10.2. The van der Waals surface area contributed by atoms with E-state index in [1.807, 2.05) is 12.1 Å². The Hall–Kier alpha value is -1.28. The van der Waals surface area contributed by atoms with Crippen molar-refractivity contribution in [3.8, 4) is 5.75 Å². The van der Waals surface area contributed by atoms with Crippen LogP contribution in [0.25, 0.3) is 0 Å². The lowest BCUT2D eigenvalue weighted by Crippen LogP contribution is -2.18. The summed E-state index contributed by atoms with van der Waals surface area (Å²) in [5.74, 6) is 1.67. The first-order chi connectivity index (χ1) is 9.72. The van der Waals surface area contributed by atoms with Crippen molar-refractivity contribution in [3.63, 3.8) is 0 Å². The molecule has 0 radical (unpaired) electrons. The first-order valence-electron chi connectivity index (χ1n) is 7.75. The first-order valence-corrected chi connectivity index (χ1v) is 7.75. The van der Waals surface area contributed by atoms with E-state index >= 15 is 0 Å². The predicted molar refractivity (Wildman–Crippen MR) is 87.1 cm³/mol. The van der Waals surface area contributed by atoms with E-state index in [0.29, 0.717) is 5.92 Å². The second-order valence-electron chi connectivity index (χ2n) is 5.66. The van der Waals surface area contributed by atoms with Crippen LogP contribution in [0.3, 0.4) is 0 Å². The Kier molecular flexibility index (Phi) is 8.81. The van der Waals surface area contributed by atoms with E-state index in [9.17, 15) is 0 Å². The van der Waals surface area contributed by atoms with Crippen molar-refractivity contribution in [1.82, 2.24) is 5.32 Å². The standard InChI is InChI=1S/C18H29NO/c1-4-5-6-7-8-12-20-18-11-9-10-17(13-18)15-19-14-16(2)3/h4,9-11,13,16,19H,1,5-8,12,14-15H2,2-3H3. The van der Waals surface area contributed by atoms with E-state index in [4.69, 9.17) is 4.74 Å². The Labute approximate surface area is 124 Å². The highest BCUT2D eigenvalue weighted by Crippen LogP contribution is 2.14. The number of hydrogen-bond acceptors (Lipinski definition) is 2. The van der Waals surface area contributed by atoms with Crippen molar-refractivity contribution >= 4 is 0 Å². The average molecular weight is 275 g/mol. The van der Waals surface area contributed by atoms with Gasteiger partial charge in [-0.3, -0.25) is 0 Å². The topological polar surface area (TPSA) is 21.3 Å². The molecule has 0 saturated carbocycles. The molecule has 2 heteroatoms. The van der Waals surface area contributed by atoms with Gasteiger partial charge in [-0.15, -0.1) is 6.58 Å². The third-order valence-corrected chi connectivity index (χ3v) is 3.10. The van der Waals surface area contributed by atoms with Gasteiger partial charge in [0, 0.05) is 6.54 Å². The van der Waals surface area contributed by atoms with Gasteiger partial charge in [-0.25, -0.2) is 0 Å². The Balaban J connectivity index is 2.23. The minimum absolute atomic E-state index is 0.685. The fourth-order valence-electron chi connectivity index (χ4n) is 2.01. The molecular weight excluding hydrogens is 246 g/mol. The van der Waals surface area contributed by atoms with Gasteiger partial charge in [-0.2, -0.15) is 0 Å². The molecule has 0 aromatic heterocycles. The van der Waals surface area contributed by atoms with Crippen LogP contribution in [-0.4, -0.2) is 13.2 Å². The summed E-state index contributed by atoms with van der Waals surface area (Å²) < 4.78 is 5.80. The van der Waals surface area contributed by atoms with Gasteiger partial charge in [0.2, 0.25) is 0 Å². The quantitative estimate of drug-likeness (QED) is 0.472. The Bertz CT molecular complexity index is 373. The summed E-state index contributed by atoms with van der Waals surface area (Å²) in [6.07, 6.45) is 6.63. The van der Waals surface area contributed by atoms with Crippen molar-refractivity contribution in [1.29, 1.82) is 0 Å². The normalized spacial score (nSPS) is 10.8. The Morgan fingerprint density at radius 1 is 1.25 bits per heavy atom. The monoisotopic (exact) mass is 275 g/mol. The van der Waals surface area contributed by atoms with Crippen LogP contribution >= 0.6 is 0 Å². The number of benzene rings is 1. The number of hydrogen-bond donors (Lipinski definition) is 1. The van der Waals surface area contributed by atoms with Crippen molar-refractivity contribution < 1.29 is 4.74 Å². The molecule has 112 valence electrons. The van der Waals surface area contributed by atoms with Gasteiger partial charge in [-0.05, 0) is 55.8 Å². The third-order valence-electron chi connectivity index (χ3n) is 3.10. The fraction of sp³-hybridized carbons (Fsp3) is 0.556. The van der Waals surface area contributed by atoms with Crippen LogP contribution in [0.4, 0.5) is 0 Å². The maximum absolute atomic E-state index is 5.80. The van der Waals surface area contributed by atoms with Crippen molar-refractivity contribution in [2.45, 2.75) is 46.1 Å². The largest absolute Gasteiger partial charge is 0.494 e. The van der Waals surface area contributed by atoms with Gasteiger partial charge in [0.15, 0.2) is 0 Å². The molecule has 0 saturated heterocycles. The molecule has 1 aromatic carbocycles. The highest BCUT2D eigenvalue weighted by molar-refractivity contribution is 5.28. The molecule has 0 heterocycles. The van der Waals surface area contributed by atoms with E-state index in [2.05, 4.69) is 43.9 Å². The molecule has 0 amide bonds. The number of rotatable bonds is 11. The number of allylic oxidation sites excluding steroid dienone is 1. The minimum atomic E-state index is 0.685. The number of unbranched alkanes of at least 4 members (excludes halogenated alkanes) is 3. The highest BCUT2D eigenvalue weighted by atomic mass is 16.5. The van der Waals surface area contributed by atoms with Gasteiger partial charge in [-0.1, -0.05) is 32.1 Å². The molecule has 0 unspecified atom stereocenters. The van der Waals surface area contributed by atoms with Gasteiger partial charge < -0.3 is 10.1 Å². The van der Waals surface area contributed by atoms with E-state index < -0.39 is 0 Å². The molecule has 20 heavy (non-hydrogen) atoms. The molecule has 0 spiro atoms. The first kappa shape index (κ1) is 16.8. The van der Waals surface area contributed by atoms with Gasteiger partial charge in [0.05, 0.1) is 6.61 Å². The van der Waals surface area contributed by atoms with Gasteiger partial charge >= 0.3 is 0 Å². The summed E-state index contributed by atoms with van der Waals surface area (Å²) in [5.41, 5.74) is 1.29. The fourth-order valence-corrected chi connectivity index (χ4v) is 2.01. The van der Waals surface area contributed by atoms with Crippen LogP contribution < -0.4 is 10.1 Å². The molecule has 0 aliphatic rings. The lowest BCUT2D eigenvalue weighted by molar-refractivity contribution is 0.305. The zero-order valence-electron chi connectivity index (χ0n) is 13.0. The molecule has 0 aliphatic carbocycles. The van der Waals surface area contributed by atoms with Crippen LogP contribution in [0.1, 0.15) is 45.1 Å². The third kappa shape index (κ3) is 8.00. The van der Waals surface area contributed by atoms with E-state index in [1.165, 1.54) is 18.4 Å². The lowest BCUT2D eigenvalue weighted by Gasteiger charge is -2.10. The molecule has 1 rings (SSSR count). The summed E-state index contributed by atoms with van der Waals surface area (Å²) in [5, 5.41) is 3.45. The number of nitrogens with one attached hydrogen (secondary N) is 1. The summed E-state index contributed by atoms with van der Waals surface area (Å²) in [4.78, 5) is 0. The molecule has 0 fully saturated rings. The Morgan fingerprint density at radius 2 is 2.10 bits per heavy atom. The minimum Gasteiger partial charge on any atom is -0.494 e. The maximum atomic E-state index is 5.80. The van der Waals surface area contributed by atoms with Crippen LogP contribution in [0.5, 0.6) is 5.75 Å². The van der Waals surface area contributed by atoms with Crippen LogP contribution in [-0.2, 0) is 6.54 Å². The maximum Gasteiger partial charge on any atom is 0.119 e. The van der Waals surface area contributed by atoms with E-state index in [1.54, 1.807) is 0 Å². The molecule has 0 aliphatic heterocycles. The smallest absolute Gasteiger partial charge is 0.119 e. The van der Waals surface area contributed by atoms with Crippen LogP contribution in [0.15, 0.2) is 36.9 Å². The zero-order valence-corrected chi connectivity index (χ0v) is 13.0.